The number of unbranched alkanes of at least 4 members (excludes halogenated alkanes) is 9. The molecule has 0 bridgehead atoms. The molecular weight excluding hydrogens is 807 g/mol. The number of aliphatic hydroxyl groups excluding tert-OH is 1. The summed E-state index contributed by atoms with van der Waals surface area (Å²) >= 11 is 0. The standard InChI is InChI=1S/C47H67BN4O11/c1-5-6-7-8-9-10-11-12-13-14-15-16-17-18-19-20-24-50-46(49)51-28-35(53)47(59)26-31-38(34(27-47)63-36-25-32(52-48(3)60)41(54)29(2)62-36)45(58)40-39(43(31)56)42(55)30-22-21-23-33(61-4)37(30)44(40)57/h9-10,12-13,21-23,29,32,34,36,41,52,54,56,58-60H,5-8,11,14-20,24-28H2,1-4H3,(H3,49,50,51)/t29-,32-,34-,36-,41+,47-/m0/s1. The zero-order valence-corrected chi connectivity index (χ0v) is 37.2. The van der Waals surface area contributed by atoms with Crippen LogP contribution in [0.15, 0.2) is 47.5 Å². The van der Waals surface area contributed by atoms with Crippen LogP contribution in [0, 0.1) is 0 Å². The number of Topliss-reactive ketones (excluding diaryl/α,β-unsaturated/α-hetero) is 1. The number of hydrogen-bond acceptors (Lipinski definition) is 13. The number of ether oxygens (including phenoxy) is 3. The second-order valence-corrected chi connectivity index (χ2v) is 17.0. The summed E-state index contributed by atoms with van der Waals surface area (Å²) in [5.41, 5.74) is 2.52. The number of hydrogen-bond donors (Lipinski definition) is 8. The highest BCUT2D eigenvalue weighted by Crippen LogP contribution is 2.52. The van der Waals surface area contributed by atoms with Gasteiger partial charge in [0.25, 0.3) is 0 Å². The maximum Gasteiger partial charge on any atom is 0.373 e. The monoisotopic (exact) mass is 874 g/mol. The Kier molecular flexibility index (Phi) is 18.3. The first-order chi connectivity index (χ1) is 30.2. The fourth-order valence-corrected chi connectivity index (χ4v) is 8.73. The third-order valence-corrected chi connectivity index (χ3v) is 12.1. The number of methoxy groups -OCH3 is 1. The predicted molar refractivity (Wildman–Crippen MR) is 241 cm³/mol. The van der Waals surface area contributed by atoms with E-state index in [2.05, 4.69) is 46.8 Å². The number of allylic oxidation sites excluding steroid dienone is 4. The Morgan fingerprint density at radius 2 is 1.65 bits per heavy atom. The lowest BCUT2D eigenvalue weighted by molar-refractivity contribution is -0.248. The summed E-state index contributed by atoms with van der Waals surface area (Å²) < 4.78 is 17.7. The molecule has 0 radical (unpaired) electrons. The lowest BCUT2D eigenvalue weighted by Gasteiger charge is -2.43. The lowest BCUT2D eigenvalue weighted by Crippen LogP contribution is -2.57. The molecule has 0 saturated carbocycles. The van der Waals surface area contributed by atoms with Crippen molar-refractivity contribution >= 4 is 30.4 Å². The average Bonchev–Trinajstić information content (AvgIpc) is 3.25. The van der Waals surface area contributed by atoms with Crippen LogP contribution in [-0.2, 0) is 20.7 Å². The quantitative estimate of drug-likeness (QED) is 0.0147. The fourth-order valence-electron chi connectivity index (χ4n) is 8.73. The van der Waals surface area contributed by atoms with Gasteiger partial charge in [0, 0.05) is 48.5 Å². The summed E-state index contributed by atoms with van der Waals surface area (Å²) in [7, 11) is 0.348. The zero-order chi connectivity index (χ0) is 45.7. The van der Waals surface area contributed by atoms with E-state index in [9.17, 15) is 39.8 Å². The number of phenols is 2. The molecule has 3 aliphatic rings. The van der Waals surface area contributed by atoms with Gasteiger partial charge in [0.05, 0.1) is 42.1 Å². The first-order valence-corrected chi connectivity index (χ1v) is 22.6. The summed E-state index contributed by atoms with van der Waals surface area (Å²) in [4.78, 5) is 46.1. The van der Waals surface area contributed by atoms with E-state index < -0.39 is 103 Å². The number of benzene rings is 2. The Morgan fingerprint density at radius 3 is 2.33 bits per heavy atom. The molecule has 344 valence electrons. The highest BCUT2D eigenvalue weighted by molar-refractivity contribution is 6.45. The van der Waals surface area contributed by atoms with Crippen molar-refractivity contribution in [3.05, 3.63) is 75.9 Å². The van der Waals surface area contributed by atoms with Gasteiger partial charge >= 0.3 is 7.05 Å². The molecule has 15 nitrogen and oxygen atoms in total. The number of nitrogens with one attached hydrogen (secondary N) is 2. The summed E-state index contributed by atoms with van der Waals surface area (Å²) in [6, 6.07) is 3.73. The number of aliphatic hydroxyl groups is 2. The van der Waals surface area contributed by atoms with Crippen LogP contribution in [0.25, 0.3) is 0 Å². The van der Waals surface area contributed by atoms with Gasteiger partial charge in [0.15, 0.2) is 23.8 Å². The van der Waals surface area contributed by atoms with Crippen molar-refractivity contribution in [1.29, 1.82) is 0 Å². The third kappa shape index (κ3) is 12.4. The molecule has 16 heteroatoms. The van der Waals surface area contributed by atoms with E-state index in [4.69, 9.17) is 19.9 Å². The maximum atomic E-state index is 14.1. The highest BCUT2D eigenvalue weighted by atomic mass is 16.7. The first-order valence-electron chi connectivity index (χ1n) is 22.6. The molecule has 2 aliphatic carbocycles. The number of carbonyl (C=O) groups excluding carboxylic acids is 3. The fraction of sp³-hybridized carbons (Fsp3) is 0.574. The van der Waals surface area contributed by atoms with Crippen molar-refractivity contribution in [3.63, 3.8) is 0 Å². The number of rotatable bonds is 23. The largest absolute Gasteiger partial charge is 0.507 e. The smallest absolute Gasteiger partial charge is 0.373 e. The van der Waals surface area contributed by atoms with Gasteiger partial charge < -0.3 is 55.9 Å². The number of ketones is 3. The molecule has 1 saturated heterocycles. The molecule has 1 aliphatic heterocycles. The molecule has 2 aromatic rings. The van der Waals surface area contributed by atoms with Gasteiger partial charge in [-0.05, 0) is 58.3 Å². The average molecular weight is 875 g/mol. The summed E-state index contributed by atoms with van der Waals surface area (Å²) in [6.07, 6.45) is 17.2. The van der Waals surface area contributed by atoms with Crippen molar-refractivity contribution in [2.24, 2.45) is 10.7 Å². The van der Waals surface area contributed by atoms with Gasteiger partial charge in [0.1, 0.15) is 29.4 Å². The van der Waals surface area contributed by atoms with E-state index in [-0.39, 0.29) is 40.4 Å². The van der Waals surface area contributed by atoms with E-state index in [1.807, 2.05) is 0 Å². The van der Waals surface area contributed by atoms with Crippen LogP contribution in [0.1, 0.15) is 153 Å². The highest BCUT2D eigenvalue weighted by Gasteiger charge is 2.50. The molecule has 1 heterocycles. The number of aliphatic imine (C=N–C) groups is 1. The number of nitrogens with two attached hydrogens (primary N) is 1. The minimum absolute atomic E-state index is 0.00401. The van der Waals surface area contributed by atoms with Gasteiger partial charge in [-0.2, -0.15) is 0 Å². The van der Waals surface area contributed by atoms with Crippen molar-refractivity contribution < 1.29 is 54.0 Å². The van der Waals surface area contributed by atoms with Crippen molar-refractivity contribution in [1.82, 2.24) is 10.5 Å². The van der Waals surface area contributed by atoms with Gasteiger partial charge in [-0.3, -0.25) is 14.4 Å². The van der Waals surface area contributed by atoms with Crippen LogP contribution in [0.2, 0.25) is 6.82 Å². The second kappa shape index (κ2) is 23.4. The van der Waals surface area contributed by atoms with Crippen LogP contribution in [0.5, 0.6) is 17.2 Å². The van der Waals surface area contributed by atoms with Crippen LogP contribution < -0.4 is 21.0 Å². The zero-order valence-electron chi connectivity index (χ0n) is 37.2. The molecule has 1 fully saturated rings. The summed E-state index contributed by atoms with van der Waals surface area (Å²) in [5.74, 6) is -3.54. The van der Waals surface area contributed by atoms with E-state index >= 15 is 0 Å². The number of nitrogens with zero attached hydrogens (tertiary/aromatic N) is 1. The topological polar surface area (TPSA) is 242 Å². The normalized spacial score (nSPS) is 23.5. The molecule has 6 atom stereocenters. The van der Waals surface area contributed by atoms with E-state index in [1.54, 1.807) is 6.92 Å². The Bertz CT molecular complexity index is 2010. The third-order valence-electron chi connectivity index (χ3n) is 12.1. The number of phenolic OH excluding ortho intramolecular Hbond substituents is 2. The maximum absolute atomic E-state index is 14.1. The van der Waals surface area contributed by atoms with E-state index in [1.165, 1.54) is 64.2 Å². The number of carbonyl (C=O) groups is 3. The van der Waals surface area contributed by atoms with E-state index in [0.717, 1.165) is 44.9 Å². The summed E-state index contributed by atoms with van der Waals surface area (Å²) in [6.45, 7) is 5.33. The first kappa shape index (κ1) is 49.4. The molecule has 0 aromatic heterocycles. The van der Waals surface area contributed by atoms with Gasteiger partial charge in [-0.1, -0.05) is 81.9 Å². The van der Waals surface area contributed by atoms with Crippen molar-refractivity contribution in [2.45, 2.75) is 153 Å². The number of guanidine groups is 1. The van der Waals surface area contributed by atoms with Crippen molar-refractivity contribution in [3.8, 4) is 17.2 Å². The molecule has 9 N–H and O–H groups in total. The van der Waals surface area contributed by atoms with Crippen LogP contribution in [-0.4, -0.2) is 106 Å². The Hall–Kier alpha value is -4.58. The van der Waals surface area contributed by atoms with Crippen LogP contribution in [0.3, 0.4) is 0 Å². The molecular formula is C47H67BN4O11. The van der Waals surface area contributed by atoms with Crippen molar-refractivity contribution in [2.75, 3.05) is 20.2 Å². The number of fused-ring (bicyclic) bond motifs is 3. The molecule has 63 heavy (non-hydrogen) atoms. The van der Waals surface area contributed by atoms with E-state index in [0.29, 0.717) is 6.54 Å². The number of aromatic hydroxyl groups is 2. The molecule has 0 unspecified atom stereocenters. The Balaban J connectivity index is 1.24. The molecule has 0 spiro atoms. The predicted octanol–water partition coefficient (Wildman–Crippen LogP) is 5.47. The molecule has 2 aromatic carbocycles. The van der Waals surface area contributed by atoms with Gasteiger partial charge in [0.2, 0.25) is 5.78 Å². The Morgan fingerprint density at radius 1 is 0.984 bits per heavy atom. The summed E-state index contributed by atoms with van der Waals surface area (Å²) in [5, 5.41) is 62.6. The minimum atomic E-state index is -2.25. The molecule has 5 rings (SSSR count). The molecule has 0 amide bonds. The van der Waals surface area contributed by atoms with Gasteiger partial charge in [-0.25, -0.2) is 4.99 Å². The Labute approximate surface area is 371 Å². The second-order valence-electron chi connectivity index (χ2n) is 17.0. The van der Waals surface area contributed by atoms with Gasteiger partial charge in [-0.15, -0.1) is 0 Å². The van der Waals surface area contributed by atoms with Crippen LogP contribution in [0.4, 0.5) is 0 Å². The van der Waals surface area contributed by atoms with Crippen LogP contribution >= 0.6 is 0 Å². The SMILES string of the molecule is CCCCCC=CCC=CCCCCCCCCNC(N)=NCC(=O)[C@]1(O)Cc2c(O)c3c(c(O)c2[C@@H](O[C@H]2C[C@H](NB(C)O)[C@H](O)[C@H](C)O2)C1)C(=O)c1c(OC)cccc1C3=O. The minimum Gasteiger partial charge on any atom is -0.507 e. The lowest BCUT2D eigenvalue weighted by atomic mass is 9.71.